The normalized spacial score (nSPS) is 13.2. The molecule has 0 bridgehead atoms. The second-order valence-corrected chi connectivity index (χ2v) is 6.54. The first-order valence-electron chi connectivity index (χ1n) is 5.31. The molecule has 0 aliphatic rings. The van der Waals surface area contributed by atoms with Crippen LogP contribution in [-0.2, 0) is 14.8 Å². The van der Waals surface area contributed by atoms with E-state index in [0.29, 0.717) is 0 Å². The Morgan fingerprint density at radius 2 is 1.94 bits per heavy atom. The average Bonchev–Trinajstić information content (AvgIpc) is 2.26. The van der Waals surface area contributed by atoms with Crippen molar-refractivity contribution in [1.29, 1.82) is 0 Å². The van der Waals surface area contributed by atoms with Gasteiger partial charge in [-0.1, -0.05) is 15.9 Å². The quantitative estimate of drug-likeness (QED) is 0.832. The van der Waals surface area contributed by atoms with Gasteiger partial charge in [0.05, 0.1) is 4.90 Å². The molecule has 1 unspecified atom stereocenters. The third-order valence-electron chi connectivity index (χ3n) is 2.27. The lowest BCUT2D eigenvalue weighted by Crippen LogP contribution is -2.32. The Bertz CT molecular complexity index is 512. The molecule has 0 aliphatic heterocycles. The lowest BCUT2D eigenvalue weighted by Gasteiger charge is -2.13. The summed E-state index contributed by atoms with van der Waals surface area (Å²) in [6, 6.07) is 5.81. The van der Waals surface area contributed by atoms with Gasteiger partial charge in [0.1, 0.15) is 0 Å². The molecule has 0 saturated carbocycles. The van der Waals surface area contributed by atoms with Crippen LogP contribution in [0.5, 0.6) is 0 Å². The van der Waals surface area contributed by atoms with Crippen molar-refractivity contribution in [3.8, 4) is 0 Å². The number of hydrogen-bond acceptors (Lipinski definition) is 3. The number of rotatable bonds is 6. The second kappa shape index (κ2) is 6.31. The van der Waals surface area contributed by atoms with Crippen LogP contribution in [0.4, 0.5) is 0 Å². The summed E-state index contributed by atoms with van der Waals surface area (Å²) in [5.74, 6) is -0.940. The fraction of sp³-hybridized carbons (Fsp3) is 0.364. The zero-order valence-electron chi connectivity index (χ0n) is 9.76. The number of hydrogen-bond donors (Lipinski definition) is 2. The molecule has 1 atom stereocenters. The first-order chi connectivity index (χ1) is 8.31. The molecule has 0 fully saturated rings. The highest BCUT2D eigenvalue weighted by Gasteiger charge is 2.17. The number of carboxylic acid groups (broad SMARTS) is 1. The van der Waals surface area contributed by atoms with Crippen molar-refractivity contribution in [2.75, 3.05) is 0 Å². The number of benzene rings is 1. The third-order valence-corrected chi connectivity index (χ3v) is 4.41. The molecule has 18 heavy (non-hydrogen) atoms. The fourth-order valence-electron chi connectivity index (χ4n) is 1.35. The van der Waals surface area contributed by atoms with Crippen LogP contribution in [0, 0.1) is 0 Å². The van der Waals surface area contributed by atoms with Crippen LogP contribution < -0.4 is 4.72 Å². The molecule has 5 nitrogen and oxygen atoms in total. The Labute approximate surface area is 114 Å². The van der Waals surface area contributed by atoms with Gasteiger partial charge in [-0.05, 0) is 37.6 Å². The highest BCUT2D eigenvalue weighted by Crippen LogP contribution is 2.15. The van der Waals surface area contributed by atoms with Crippen LogP contribution >= 0.6 is 15.9 Å². The molecule has 100 valence electrons. The van der Waals surface area contributed by atoms with Crippen molar-refractivity contribution in [1.82, 2.24) is 4.72 Å². The standard InChI is InChI=1S/C11H14BrNO4S/c1-8(2-7-11(14)15)13-18(16,17)10-5-3-9(12)4-6-10/h3-6,8,13H,2,7H2,1H3,(H,14,15). The SMILES string of the molecule is CC(CCC(=O)O)NS(=O)(=O)c1ccc(Br)cc1. The highest BCUT2D eigenvalue weighted by molar-refractivity contribution is 9.10. The number of aliphatic carboxylic acids is 1. The molecule has 1 aromatic carbocycles. The van der Waals surface area contributed by atoms with E-state index < -0.39 is 22.0 Å². The van der Waals surface area contributed by atoms with E-state index >= 15 is 0 Å². The summed E-state index contributed by atoms with van der Waals surface area (Å²) in [6.45, 7) is 1.64. The van der Waals surface area contributed by atoms with Gasteiger partial charge < -0.3 is 5.11 Å². The smallest absolute Gasteiger partial charge is 0.303 e. The minimum atomic E-state index is -3.59. The molecular weight excluding hydrogens is 322 g/mol. The van der Waals surface area contributed by atoms with Crippen LogP contribution in [-0.4, -0.2) is 25.5 Å². The third kappa shape index (κ3) is 4.75. The minimum Gasteiger partial charge on any atom is -0.481 e. The predicted molar refractivity (Wildman–Crippen MR) is 70.8 cm³/mol. The van der Waals surface area contributed by atoms with E-state index in [1.165, 1.54) is 12.1 Å². The van der Waals surface area contributed by atoms with Crippen molar-refractivity contribution in [2.24, 2.45) is 0 Å². The average molecular weight is 336 g/mol. The van der Waals surface area contributed by atoms with Crippen molar-refractivity contribution >= 4 is 31.9 Å². The predicted octanol–water partition coefficient (Wildman–Crippen LogP) is 1.98. The van der Waals surface area contributed by atoms with E-state index in [-0.39, 0.29) is 17.7 Å². The summed E-state index contributed by atoms with van der Waals surface area (Å²) < 4.78 is 27.1. The summed E-state index contributed by atoms with van der Waals surface area (Å²) >= 11 is 3.22. The Hall–Kier alpha value is -0.920. The van der Waals surface area contributed by atoms with E-state index in [1.54, 1.807) is 19.1 Å². The van der Waals surface area contributed by atoms with Crippen LogP contribution in [0.2, 0.25) is 0 Å². The van der Waals surface area contributed by atoms with Crippen molar-refractivity contribution in [2.45, 2.75) is 30.7 Å². The molecule has 1 aromatic rings. The molecule has 0 amide bonds. The second-order valence-electron chi connectivity index (χ2n) is 3.91. The first-order valence-corrected chi connectivity index (χ1v) is 7.58. The number of nitrogens with one attached hydrogen (secondary N) is 1. The number of halogens is 1. The molecular formula is C11H14BrNO4S. The molecule has 0 heterocycles. The largest absolute Gasteiger partial charge is 0.481 e. The van der Waals surface area contributed by atoms with E-state index in [1.807, 2.05) is 0 Å². The lowest BCUT2D eigenvalue weighted by molar-refractivity contribution is -0.137. The molecule has 7 heteroatoms. The Kier molecular flexibility index (Phi) is 5.30. The molecule has 1 rings (SSSR count). The molecule has 2 N–H and O–H groups in total. The molecule has 0 aromatic heterocycles. The Morgan fingerprint density at radius 1 is 1.39 bits per heavy atom. The van der Waals surface area contributed by atoms with Crippen LogP contribution in [0.3, 0.4) is 0 Å². The van der Waals surface area contributed by atoms with Gasteiger partial charge in [-0.15, -0.1) is 0 Å². The topological polar surface area (TPSA) is 83.5 Å². The molecule has 0 spiro atoms. The maximum Gasteiger partial charge on any atom is 0.303 e. The molecule has 0 aliphatic carbocycles. The van der Waals surface area contributed by atoms with Gasteiger partial charge in [0, 0.05) is 16.9 Å². The summed E-state index contributed by atoms with van der Waals surface area (Å²) in [5.41, 5.74) is 0. The van der Waals surface area contributed by atoms with Crippen molar-refractivity contribution in [3.63, 3.8) is 0 Å². The van der Waals surface area contributed by atoms with Gasteiger partial charge in [0.15, 0.2) is 0 Å². The van der Waals surface area contributed by atoms with Gasteiger partial charge in [0.2, 0.25) is 10.0 Å². The Balaban J connectivity index is 2.70. The molecule has 0 saturated heterocycles. The van der Waals surface area contributed by atoms with E-state index in [9.17, 15) is 13.2 Å². The molecule has 0 radical (unpaired) electrons. The highest BCUT2D eigenvalue weighted by atomic mass is 79.9. The Morgan fingerprint density at radius 3 is 2.44 bits per heavy atom. The lowest BCUT2D eigenvalue weighted by atomic mass is 10.2. The maximum atomic E-state index is 11.9. The monoisotopic (exact) mass is 335 g/mol. The number of carbonyl (C=O) groups is 1. The van der Waals surface area contributed by atoms with Crippen molar-refractivity contribution < 1.29 is 18.3 Å². The summed E-state index contributed by atoms with van der Waals surface area (Å²) in [4.78, 5) is 10.6. The fourth-order valence-corrected chi connectivity index (χ4v) is 2.89. The van der Waals surface area contributed by atoms with Crippen molar-refractivity contribution in [3.05, 3.63) is 28.7 Å². The van der Waals surface area contributed by atoms with Gasteiger partial charge in [-0.2, -0.15) is 0 Å². The van der Waals surface area contributed by atoms with E-state index in [0.717, 1.165) is 4.47 Å². The summed E-state index contributed by atoms with van der Waals surface area (Å²) in [5, 5.41) is 8.53. The van der Waals surface area contributed by atoms with Crippen LogP contribution in [0.15, 0.2) is 33.6 Å². The van der Waals surface area contributed by atoms with E-state index in [4.69, 9.17) is 5.11 Å². The van der Waals surface area contributed by atoms with Gasteiger partial charge in [0.25, 0.3) is 0 Å². The van der Waals surface area contributed by atoms with Gasteiger partial charge in [-0.25, -0.2) is 13.1 Å². The minimum absolute atomic E-state index is 0.0655. The van der Waals surface area contributed by atoms with Gasteiger partial charge >= 0.3 is 5.97 Å². The first kappa shape index (κ1) is 15.1. The zero-order valence-corrected chi connectivity index (χ0v) is 12.2. The number of sulfonamides is 1. The zero-order chi connectivity index (χ0) is 13.8. The summed E-state index contributed by atoms with van der Waals surface area (Å²) in [6.07, 6.45) is 0.190. The maximum absolute atomic E-state index is 11.9. The number of carboxylic acids is 1. The van der Waals surface area contributed by atoms with Crippen LogP contribution in [0.1, 0.15) is 19.8 Å². The van der Waals surface area contributed by atoms with Gasteiger partial charge in [-0.3, -0.25) is 4.79 Å². The van der Waals surface area contributed by atoms with E-state index in [2.05, 4.69) is 20.7 Å². The summed E-state index contributed by atoms with van der Waals surface area (Å²) in [7, 11) is -3.59. The van der Waals surface area contributed by atoms with Crippen LogP contribution in [0.25, 0.3) is 0 Å².